The molecular weight excluding hydrogens is 186 g/mol. The Kier molecular flexibility index (Phi) is 4.00. The molecule has 2 atom stereocenters. The van der Waals surface area contributed by atoms with Crippen LogP contribution in [-0.2, 0) is 0 Å². The van der Waals surface area contributed by atoms with Crippen LogP contribution in [0.5, 0.6) is 0 Å². The Morgan fingerprint density at radius 2 is 2.00 bits per heavy atom. The first-order valence-corrected chi connectivity index (χ1v) is 6.37. The van der Waals surface area contributed by atoms with E-state index in [0.717, 1.165) is 11.8 Å². The number of nitrogens with zero attached hydrogens (tertiary/aromatic N) is 2. The lowest BCUT2D eigenvalue weighted by atomic mass is 9.97. The summed E-state index contributed by atoms with van der Waals surface area (Å²) in [6, 6.07) is 0. The largest absolute Gasteiger partial charge is 0.316 e. The van der Waals surface area contributed by atoms with Gasteiger partial charge >= 0.3 is 0 Å². The molecule has 2 aliphatic rings. The molecule has 2 rings (SSSR count). The summed E-state index contributed by atoms with van der Waals surface area (Å²) in [4.78, 5) is 5.12. The van der Waals surface area contributed by atoms with E-state index >= 15 is 0 Å². The fraction of sp³-hybridized carbons (Fsp3) is 1.00. The number of nitrogens with one attached hydrogen (secondary N) is 1. The summed E-state index contributed by atoms with van der Waals surface area (Å²) in [7, 11) is 2.24. The van der Waals surface area contributed by atoms with E-state index in [1.807, 2.05) is 0 Å². The first-order chi connectivity index (χ1) is 7.25. The summed E-state index contributed by atoms with van der Waals surface area (Å²) in [5.41, 5.74) is 0. The molecule has 0 saturated carbocycles. The molecule has 3 nitrogen and oxygen atoms in total. The van der Waals surface area contributed by atoms with E-state index in [9.17, 15) is 0 Å². The zero-order valence-corrected chi connectivity index (χ0v) is 10.2. The molecule has 1 N–H and O–H groups in total. The van der Waals surface area contributed by atoms with E-state index in [4.69, 9.17) is 0 Å². The van der Waals surface area contributed by atoms with Crippen molar-refractivity contribution in [1.29, 1.82) is 0 Å². The molecule has 2 fully saturated rings. The predicted octanol–water partition coefficient (Wildman–Crippen LogP) is 0.479. The van der Waals surface area contributed by atoms with Gasteiger partial charge in [0.25, 0.3) is 0 Å². The van der Waals surface area contributed by atoms with E-state index in [-0.39, 0.29) is 0 Å². The SMILES string of the molecule is C[C@@H]1CNC[C@H]1CN1CCCN(C)CC1. The van der Waals surface area contributed by atoms with Gasteiger partial charge in [-0.25, -0.2) is 0 Å². The van der Waals surface area contributed by atoms with Crippen molar-refractivity contribution in [1.82, 2.24) is 15.1 Å². The lowest BCUT2D eigenvalue weighted by Gasteiger charge is -2.25. The van der Waals surface area contributed by atoms with Crippen molar-refractivity contribution in [2.75, 3.05) is 52.9 Å². The van der Waals surface area contributed by atoms with E-state index in [1.165, 1.54) is 52.2 Å². The van der Waals surface area contributed by atoms with E-state index < -0.39 is 0 Å². The zero-order valence-electron chi connectivity index (χ0n) is 10.2. The second-order valence-electron chi connectivity index (χ2n) is 5.35. The molecule has 0 aromatic carbocycles. The summed E-state index contributed by atoms with van der Waals surface area (Å²) in [5.74, 6) is 1.75. The highest BCUT2D eigenvalue weighted by molar-refractivity contribution is 4.81. The molecule has 0 aromatic heterocycles. The van der Waals surface area contributed by atoms with Gasteiger partial charge in [0.15, 0.2) is 0 Å². The highest BCUT2D eigenvalue weighted by Gasteiger charge is 2.25. The van der Waals surface area contributed by atoms with Crippen molar-refractivity contribution in [3.8, 4) is 0 Å². The normalized spacial score (nSPS) is 35.6. The maximum atomic E-state index is 3.50. The van der Waals surface area contributed by atoms with Crippen LogP contribution in [0, 0.1) is 11.8 Å². The van der Waals surface area contributed by atoms with Gasteiger partial charge in [-0.3, -0.25) is 0 Å². The molecule has 0 aromatic rings. The molecule has 0 amide bonds. The number of rotatable bonds is 2. The maximum absolute atomic E-state index is 3.50. The summed E-state index contributed by atoms with van der Waals surface area (Å²) >= 11 is 0. The molecule has 0 radical (unpaired) electrons. The van der Waals surface area contributed by atoms with Crippen LogP contribution in [0.15, 0.2) is 0 Å². The topological polar surface area (TPSA) is 18.5 Å². The highest BCUT2D eigenvalue weighted by atomic mass is 15.2. The van der Waals surface area contributed by atoms with Crippen LogP contribution in [0.1, 0.15) is 13.3 Å². The van der Waals surface area contributed by atoms with Crippen molar-refractivity contribution in [2.45, 2.75) is 13.3 Å². The van der Waals surface area contributed by atoms with Crippen molar-refractivity contribution in [2.24, 2.45) is 11.8 Å². The molecule has 0 spiro atoms. The number of hydrogen-bond donors (Lipinski definition) is 1. The third kappa shape index (κ3) is 3.16. The van der Waals surface area contributed by atoms with Crippen LogP contribution in [0.4, 0.5) is 0 Å². The molecule has 0 aliphatic carbocycles. The molecule has 88 valence electrons. The Hall–Kier alpha value is -0.120. The van der Waals surface area contributed by atoms with Crippen molar-refractivity contribution in [3.63, 3.8) is 0 Å². The van der Waals surface area contributed by atoms with Crippen LogP contribution in [0.3, 0.4) is 0 Å². The third-order valence-electron chi connectivity index (χ3n) is 3.98. The van der Waals surface area contributed by atoms with Gasteiger partial charge in [0.05, 0.1) is 0 Å². The minimum absolute atomic E-state index is 0.867. The Morgan fingerprint density at radius 3 is 2.73 bits per heavy atom. The average molecular weight is 211 g/mol. The van der Waals surface area contributed by atoms with Crippen molar-refractivity contribution < 1.29 is 0 Å². The van der Waals surface area contributed by atoms with Gasteiger partial charge in [0.2, 0.25) is 0 Å². The first-order valence-electron chi connectivity index (χ1n) is 6.37. The predicted molar refractivity (Wildman–Crippen MR) is 64.1 cm³/mol. The lowest BCUT2D eigenvalue weighted by molar-refractivity contribution is 0.223. The summed E-state index contributed by atoms with van der Waals surface area (Å²) in [6.45, 7) is 11.2. The zero-order chi connectivity index (χ0) is 10.7. The molecule has 15 heavy (non-hydrogen) atoms. The second kappa shape index (κ2) is 5.28. The number of likely N-dealkylation sites (N-methyl/N-ethyl adjacent to an activating group) is 1. The van der Waals surface area contributed by atoms with Gasteiger partial charge in [-0.1, -0.05) is 6.92 Å². The number of hydrogen-bond acceptors (Lipinski definition) is 3. The average Bonchev–Trinajstić information content (AvgIpc) is 2.48. The van der Waals surface area contributed by atoms with Crippen molar-refractivity contribution >= 4 is 0 Å². The standard InChI is InChI=1S/C12H25N3/c1-11-8-13-9-12(11)10-15-5-3-4-14(2)6-7-15/h11-13H,3-10H2,1-2H3/t11-,12+/m1/s1. The van der Waals surface area contributed by atoms with Gasteiger partial charge in [-0.15, -0.1) is 0 Å². The van der Waals surface area contributed by atoms with E-state index in [0.29, 0.717) is 0 Å². The minimum Gasteiger partial charge on any atom is -0.316 e. The Balaban J connectivity index is 1.78. The van der Waals surface area contributed by atoms with Gasteiger partial charge in [0.1, 0.15) is 0 Å². The fourth-order valence-electron chi connectivity index (χ4n) is 2.72. The lowest BCUT2D eigenvalue weighted by Crippen LogP contribution is -2.35. The van der Waals surface area contributed by atoms with Crippen LogP contribution < -0.4 is 5.32 Å². The molecule has 3 heteroatoms. The highest BCUT2D eigenvalue weighted by Crippen LogP contribution is 2.17. The molecule has 2 heterocycles. The smallest absolute Gasteiger partial charge is 0.0109 e. The molecule has 0 bridgehead atoms. The quantitative estimate of drug-likeness (QED) is 0.717. The second-order valence-corrected chi connectivity index (χ2v) is 5.35. The molecule has 0 unspecified atom stereocenters. The van der Waals surface area contributed by atoms with Crippen molar-refractivity contribution in [3.05, 3.63) is 0 Å². The molecular formula is C12H25N3. The summed E-state index contributed by atoms with van der Waals surface area (Å²) in [5, 5.41) is 3.50. The van der Waals surface area contributed by atoms with Gasteiger partial charge in [-0.05, 0) is 51.5 Å². The molecule has 2 aliphatic heterocycles. The van der Waals surface area contributed by atoms with Crippen LogP contribution in [0.2, 0.25) is 0 Å². The Morgan fingerprint density at radius 1 is 1.13 bits per heavy atom. The Labute approximate surface area is 93.8 Å². The van der Waals surface area contributed by atoms with Gasteiger partial charge < -0.3 is 15.1 Å². The maximum Gasteiger partial charge on any atom is 0.0109 e. The van der Waals surface area contributed by atoms with Crippen LogP contribution >= 0.6 is 0 Å². The Bertz CT molecular complexity index is 195. The van der Waals surface area contributed by atoms with Crippen LogP contribution in [0.25, 0.3) is 0 Å². The third-order valence-corrected chi connectivity index (χ3v) is 3.98. The molecule has 2 saturated heterocycles. The minimum atomic E-state index is 0.867. The first kappa shape index (κ1) is 11.4. The van der Waals surface area contributed by atoms with E-state index in [2.05, 4.69) is 29.1 Å². The van der Waals surface area contributed by atoms with Gasteiger partial charge in [-0.2, -0.15) is 0 Å². The van der Waals surface area contributed by atoms with E-state index in [1.54, 1.807) is 0 Å². The monoisotopic (exact) mass is 211 g/mol. The fourth-order valence-corrected chi connectivity index (χ4v) is 2.72. The van der Waals surface area contributed by atoms with Gasteiger partial charge in [0, 0.05) is 19.6 Å². The summed E-state index contributed by atoms with van der Waals surface area (Å²) in [6.07, 6.45) is 1.34. The summed E-state index contributed by atoms with van der Waals surface area (Å²) < 4.78 is 0. The van der Waals surface area contributed by atoms with Crippen LogP contribution in [-0.4, -0.2) is 62.7 Å².